The number of carbonyl (C=O) groups is 1. The molecule has 4 nitrogen and oxygen atoms in total. The summed E-state index contributed by atoms with van der Waals surface area (Å²) >= 11 is 0. The van der Waals surface area contributed by atoms with Crippen LogP contribution in [0.4, 0.5) is 5.69 Å². The summed E-state index contributed by atoms with van der Waals surface area (Å²) in [6.07, 6.45) is 0. The summed E-state index contributed by atoms with van der Waals surface area (Å²) < 4.78 is 0. The van der Waals surface area contributed by atoms with Gasteiger partial charge in [-0.2, -0.15) is 0 Å². The number of hydrogen-bond acceptors (Lipinski definition) is 3. The Kier molecular flexibility index (Phi) is 3.42. The van der Waals surface area contributed by atoms with Crippen LogP contribution in [0.15, 0.2) is 36.4 Å². The number of amides is 1. The van der Waals surface area contributed by atoms with Crippen molar-refractivity contribution in [1.29, 1.82) is 0 Å². The van der Waals surface area contributed by atoms with Crippen molar-refractivity contribution in [1.82, 2.24) is 0 Å². The molecule has 0 spiro atoms. The van der Waals surface area contributed by atoms with Gasteiger partial charge in [0.05, 0.1) is 0 Å². The number of carbonyl (C=O) groups excluding carboxylic acids is 1. The molecule has 0 aromatic heterocycles. The number of rotatable bonds is 2. The van der Waals surface area contributed by atoms with Gasteiger partial charge < -0.3 is 15.5 Å². The number of nitrogens with one attached hydrogen (secondary N) is 1. The van der Waals surface area contributed by atoms with E-state index in [1.54, 1.807) is 38.1 Å². The minimum Gasteiger partial charge on any atom is -0.508 e. The summed E-state index contributed by atoms with van der Waals surface area (Å²) in [6.45, 7) is 3.57. The van der Waals surface area contributed by atoms with Gasteiger partial charge in [-0.1, -0.05) is 6.07 Å². The van der Waals surface area contributed by atoms with Crippen LogP contribution in [0, 0.1) is 13.8 Å². The van der Waals surface area contributed by atoms with Gasteiger partial charge in [-0.05, 0) is 55.3 Å². The number of hydrogen-bond donors (Lipinski definition) is 3. The molecule has 0 unspecified atom stereocenters. The number of aromatic hydroxyl groups is 2. The fourth-order valence-electron chi connectivity index (χ4n) is 1.78. The molecule has 2 aromatic carbocycles. The Balaban J connectivity index is 2.27. The van der Waals surface area contributed by atoms with Gasteiger partial charge in [-0.25, -0.2) is 0 Å². The third kappa shape index (κ3) is 2.85. The lowest BCUT2D eigenvalue weighted by Gasteiger charge is -2.10. The van der Waals surface area contributed by atoms with Crippen LogP contribution >= 0.6 is 0 Å². The summed E-state index contributed by atoms with van der Waals surface area (Å²) in [6, 6.07) is 9.46. The molecular formula is C15H15NO3. The predicted octanol–water partition coefficient (Wildman–Crippen LogP) is 2.97. The highest BCUT2D eigenvalue weighted by atomic mass is 16.3. The number of anilines is 1. The van der Waals surface area contributed by atoms with E-state index in [0.29, 0.717) is 16.8 Å². The molecule has 98 valence electrons. The Morgan fingerprint density at radius 2 is 1.79 bits per heavy atom. The minimum atomic E-state index is -0.302. The van der Waals surface area contributed by atoms with Crippen LogP contribution < -0.4 is 5.32 Å². The molecule has 0 bridgehead atoms. The average Bonchev–Trinajstić information content (AvgIpc) is 2.36. The number of phenols is 2. The molecule has 0 radical (unpaired) electrons. The van der Waals surface area contributed by atoms with Crippen LogP contribution in [0.5, 0.6) is 11.5 Å². The maximum absolute atomic E-state index is 12.0. The molecule has 0 atom stereocenters. The molecule has 0 saturated heterocycles. The molecule has 0 saturated carbocycles. The van der Waals surface area contributed by atoms with Gasteiger partial charge in [0.15, 0.2) is 0 Å². The highest BCUT2D eigenvalue weighted by molar-refractivity contribution is 6.04. The van der Waals surface area contributed by atoms with Gasteiger partial charge in [0, 0.05) is 11.3 Å². The second-order valence-corrected chi connectivity index (χ2v) is 4.46. The molecule has 3 N–H and O–H groups in total. The first-order chi connectivity index (χ1) is 8.97. The van der Waals surface area contributed by atoms with Crippen LogP contribution in [0.3, 0.4) is 0 Å². The lowest BCUT2D eigenvalue weighted by molar-refractivity contribution is 0.102. The highest BCUT2D eigenvalue weighted by Gasteiger charge is 2.10. The van der Waals surface area contributed by atoms with Crippen LogP contribution in [0.2, 0.25) is 0 Å². The maximum atomic E-state index is 12.0. The van der Waals surface area contributed by atoms with E-state index in [4.69, 9.17) is 0 Å². The van der Waals surface area contributed by atoms with E-state index in [1.165, 1.54) is 12.1 Å². The van der Waals surface area contributed by atoms with Crippen molar-refractivity contribution in [3.63, 3.8) is 0 Å². The largest absolute Gasteiger partial charge is 0.508 e. The summed E-state index contributed by atoms with van der Waals surface area (Å²) in [5.41, 5.74) is 2.49. The molecule has 0 fully saturated rings. The van der Waals surface area contributed by atoms with Crippen LogP contribution in [0.25, 0.3) is 0 Å². The normalized spacial score (nSPS) is 10.2. The summed E-state index contributed by atoms with van der Waals surface area (Å²) in [5, 5.41) is 21.7. The van der Waals surface area contributed by atoms with Gasteiger partial charge in [0.2, 0.25) is 0 Å². The quantitative estimate of drug-likeness (QED) is 0.724. The van der Waals surface area contributed by atoms with E-state index < -0.39 is 0 Å². The standard InChI is InChI=1S/C15H15NO3/c1-9-7-14(18)10(2)6-13(9)16-15(19)11-4-3-5-12(17)8-11/h3-8,17-18H,1-2H3,(H,16,19). The van der Waals surface area contributed by atoms with E-state index in [1.807, 2.05) is 0 Å². The molecule has 2 aromatic rings. The average molecular weight is 257 g/mol. The second-order valence-electron chi connectivity index (χ2n) is 4.46. The fraction of sp³-hybridized carbons (Fsp3) is 0.133. The molecule has 4 heteroatoms. The Labute approximate surface area is 111 Å². The molecule has 19 heavy (non-hydrogen) atoms. The molecule has 0 aliphatic carbocycles. The number of phenolic OH excluding ortho intramolecular Hbond substituents is 2. The van der Waals surface area contributed by atoms with E-state index in [9.17, 15) is 15.0 Å². The minimum absolute atomic E-state index is 0.0475. The Hall–Kier alpha value is -2.49. The molecule has 0 aliphatic rings. The summed E-state index contributed by atoms with van der Waals surface area (Å²) in [7, 11) is 0. The van der Waals surface area contributed by atoms with Crippen molar-refractivity contribution in [3.8, 4) is 11.5 Å². The molecule has 2 rings (SSSR count). The Bertz CT molecular complexity index is 635. The fourth-order valence-corrected chi connectivity index (χ4v) is 1.78. The summed E-state index contributed by atoms with van der Waals surface area (Å²) in [4.78, 5) is 12.0. The molecular weight excluding hydrogens is 242 g/mol. The second kappa shape index (κ2) is 5.02. The first-order valence-corrected chi connectivity index (χ1v) is 5.88. The van der Waals surface area contributed by atoms with Gasteiger partial charge in [0.25, 0.3) is 5.91 Å². The molecule has 0 heterocycles. The van der Waals surface area contributed by atoms with Crippen molar-refractivity contribution >= 4 is 11.6 Å². The maximum Gasteiger partial charge on any atom is 0.255 e. The smallest absolute Gasteiger partial charge is 0.255 e. The van der Waals surface area contributed by atoms with Crippen molar-refractivity contribution < 1.29 is 15.0 Å². The third-order valence-corrected chi connectivity index (χ3v) is 2.90. The topological polar surface area (TPSA) is 69.6 Å². The van der Waals surface area contributed by atoms with E-state index in [0.717, 1.165) is 5.56 Å². The van der Waals surface area contributed by atoms with Crippen molar-refractivity contribution in [2.45, 2.75) is 13.8 Å². The predicted molar refractivity (Wildman–Crippen MR) is 73.6 cm³/mol. The van der Waals surface area contributed by atoms with Crippen LogP contribution in [-0.4, -0.2) is 16.1 Å². The van der Waals surface area contributed by atoms with Gasteiger partial charge >= 0.3 is 0 Å². The molecule has 1 amide bonds. The lowest BCUT2D eigenvalue weighted by atomic mass is 10.1. The zero-order valence-corrected chi connectivity index (χ0v) is 10.8. The highest BCUT2D eigenvalue weighted by Crippen LogP contribution is 2.25. The monoisotopic (exact) mass is 257 g/mol. The zero-order valence-electron chi connectivity index (χ0n) is 10.8. The third-order valence-electron chi connectivity index (χ3n) is 2.90. The first-order valence-electron chi connectivity index (χ1n) is 5.88. The SMILES string of the molecule is Cc1cc(NC(=O)c2cccc(O)c2)c(C)cc1O. The van der Waals surface area contributed by atoms with E-state index >= 15 is 0 Å². The molecule has 0 aliphatic heterocycles. The van der Waals surface area contributed by atoms with E-state index in [-0.39, 0.29) is 17.4 Å². The van der Waals surface area contributed by atoms with Crippen molar-refractivity contribution in [2.75, 3.05) is 5.32 Å². The van der Waals surface area contributed by atoms with Gasteiger partial charge in [0.1, 0.15) is 11.5 Å². The summed E-state index contributed by atoms with van der Waals surface area (Å²) in [5.74, 6) is -0.0526. The lowest BCUT2D eigenvalue weighted by Crippen LogP contribution is -2.12. The van der Waals surface area contributed by atoms with Gasteiger partial charge in [-0.15, -0.1) is 0 Å². The van der Waals surface area contributed by atoms with Crippen molar-refractivity contribution in [2.24, 2.45) is 0 Å². The van der Waals surface area contributed by atoms with Crippen LogP contribution in [-0.2, 0) is 0 Å². The Morgan fingerprint density at radius 3 is 2.47 bits per heavy atom. The van der Waals surface area contributed by atoms with Crippen molar-refractivity contribution in [3.05, 3.63) is 53.1 Å². The van der Waals surface area contributed by atoms with E-state index in [2.05, 4.69) is 5.32 Å². The zero-order chi connectivity index (χ0) is 14.0. The van der Waals surface area contributed by atoms with Gasteiger partial charge in [-0.3, -0.25) is 4.79 Å². The van der Waals surface area contributed by atoms with Crippen LogP contribution in [0.1, 0.15) is 21.5 Å². The number of aryl methyl sites for hydroxylation is 2. The first kappa shape index (κ1) is 13.0. The number of benzene rings is 2. The Morgan fingerprint density at radius 1 is 1.05 bits per heavy atom.